The Morgan fingerprint density at radius 1 is 1.18 bits per heavy atom. The van der Waals surface area contributed by atoms with Crippen LogP contribution in [0.2, 0.25) is 0 Å². The number of rotatable bonds is 3. The lowest BCUT2D eigenvalue weighted by Crippen LogP contribution is -2.37. The highest BCUT2D eigenvalue weighted by atomic mass is 16.2. The summed E-state index contributed by atoms with van der Waals surface area (Å²) in [5.41, 5.74) is 3.82. The van der Waals surface area contributed by atoms with Crippen molar-refractivity contribution in [2.45, 2.75) is 39.2 Å². The highest BCUT2D eigenvalue weighted by Gasteiger charge is 2.30. The van der Waals surface area contributed by atoms with E-state index in [-0.39, 0.29) is 11.9 Å². The van der Waals surface area contributed by atoms with E-state index in [0.717, 1.165) is 31.5 Å². The maximum absolute atomic E-state index is 12.6. The smallest absolute Gasteiger partial charge is 0.274 e. The Balaban J connectivity index is 1.73. The number of nitrogens with zero attached hydrogens (tertiary/aromatic N) is 3. The highest BCUT2D eigenvalue weighted by Crippen LogP contribution is 2.23. The van der Waals surface area contributed by atoms with Crippen molar-refractivity contribution >= 4 is 5.91 Å². The van der Waals surface area contributed by atoms with Gasteiger partial charge in [0.2, 0.25) is 0 Å². The Morgan fingerprint density at radius 3 is 2.64 bits per heavy atom. The van der Waals surface area contributed by atoms with Gasteiger partial charge in [-0.15, -0.1) is 0 Å². The molecule has 1 fully saturated rings. The highest BCUT2D eigenvalue weighted by molar-refractivity contribution is 5.92. The second kappa shape index (κ2) is 6.26. The summed E-state index contributed by atoms with van der Waals surface area (Å²) in [6.45, 7) is 4.77. The number of benzene rings is 1. The zero-order chi connectivity index (χ0) is 15.5. The van der Waals surface area contributed by atoms with E-state index < -0.39 is 0 Å². The number of aryl methyl sites for hydroxylation is 2. The molecule has 0 saturated carbocycles. The number of aromatic nitrogens is 2. The summed E-state index contributed by atoms with van der Waals surface area (Å²) < 4.78 is 0. The van der Waals surface area contributed by atoms with Crippen LogP contribution in [0.15, 0.2) is 36.7 Å². The lowest BCUT2D eigenvalue weighted by atomic mass is 10.0. The van der Waals surface area contributed by atoms with Crippen molar-refractivity contribution in [3.63, 3.8) is 0 Å². The first-order valence-electron chi connectivity index (χ1n) is 7.78. The van der Waals surface area contributed by atoms with Gasteiger partial charge < -0.3 is 4.90 Å². The summed E-state index contributed by atoms with van der Waals surface area (Å²) >= 11 is 0. The van der Waals surface area contributed by atoms with Crippen LogP contribution in [0, 0.1) is 13.8 Å². The van der Waals surface area contributed by atoms with Gasteiger partial charge in [-0.1, -0.05) is 29.8 Å². The van der Waals surface area contributed by atoms with E-state index in [4.69, 9.17) is 0 Å². The average Bonchev–Trinajstić information content (AvgIpc) is 2.98. The molecule has 1 aliphatic heterocycles. The fourth-order valence-electron chi connectivity index (χ4n) is 2.96. The van der Waals surface area contributed by atoms with Gasteiger partial charge in [0.25, 0.3) is 5.91 Å². The Morgan fingerprint density at radius 2 is 1.95 bits per heavy atom. The third kappa shape index (κ3) is 3.16. The molecule has 4 nitrogen and oxygen atoms in total. The molecular formula is C18H21N3O. The van der Waals surface area contributed by atoms with Gasteiger partial charge in [0, 0.05) is 18.8 Å². The predicted octanol–water partition coefficient (Wildman–Crippen LogP) is 2.94. The first-order chi connectivity index (χ1) is 10.6. The molecule has 4 heteroatoms. The molecule has 1 aromatic heterocycles. The topological polar surface area (TPSA) is 46.1 Å². The Labute approximate surface area is 131 Å². The van der Waals surface area contributed by atoms with Gasteiger partial charge in [0.15, 0.2) is 0 Å². The number of amides is 1. The molecule has 0 radical (unpaired) electrons. The standard InChI is InChI=1S/C18H21N3O/c1-13-5-7-15(8-6-13)10-16-4-3-9-21(16)18(22)17-12-19-14(2)11-20-17/h5-8,11-12,16H,3-4,9-10H2,1-2H3/t16-/m1/s1. The van der Waals surface area contributed by atoms with Crippen molar-refractivity contribution in [2.24, 2.45) is 0 Å². The molecule has 1 aromatic carbocycles. The molecule has 2 heterocycles. The third-order valence-corrected chi connectivity index (χ3v) is 4.23. The average molecular weight is 295 g/mol. The summed E-state index contributed by atoms with van der Waals surface area (Å²) in [6, 6.07) is 8.83. The molecule has 1 saturated heterocycles. The van der Waals surface area contributed by atoms with Crippen molar-refractivity contribution in [3.8, 4) is 0 Å². The molecule has 1 amide bonds. The van der Waals surface area contributed by atoms with Crippen LogP contribution in [0.1, 0.15) is 40.2 Å². The number of carbonyl (C=O) groups excluding carboxylic acids is 1. The van der Waals surface area contributed by atoms with Crippen molar-refractivity contribution < 1.29 is 4.79 Å². The Bertz CT molecular complexity index is 649. The molecule has 1 atom stereocenters. The molecule has 1 aliphatic rings. The number of hydrogen-bond acceptors (Lipinski definition) is 3. The van der Waals surface area contributed by atoms with Crippen LogP contribution in [0.5, 0.6) is 0 Å². The minimum absolute atomic E-state index is 0.00196. The minimum atomic E-state index is 0.00196. The van der Waals surface area contributed by atoms with E-state index in [1.807, 2.05) is 11.8 Å². The van der Waals surface area contributed by atoms with Crippen molar-refractivity contribution in [1.29, 1.82) is 0 Å². The zero-order valence-corrected chi connectivity index (χ0v) is 13.1. The largest absolute Gasteiger partial charge is 0.334 e. The molecule has 3 rings (SSSR count). The molecule has 0 bridgehead atoms. The van der Waals surface area contributed by atoms with Gasteiger partial charge in [0.1, 0.15) is 5.69 Å². The maximum Gasteiger partial charge on any atom is 0.274 e. The van der Waals surface area contributed by atoms with Gasteiger partial charge in [-0.3, -0.25) is 9.78 Å². The summed E-state index contributed by atoms with van der Waals surface area (Å²) in [7, 11) is 0. The van der Waals surface area contributed by atoms with Crippen molar-refractivity contribution in [3.05, 3.63) is 59.2 Å². The summed E-state index contributed by atoms with van der Waals surface area (Å²) in [5.74, 6) is 0.00196. The van der Waals surface area contributed by atoms with E-state index >= 15 is 0 Å². The monoisotopic (exact) mass is 295 g/mol. The fourth-order valence-corrected chi connectivity index (χ4v) is 2.96. The molecular weight excluding hydrogens is 274 g/mol. The van der Waals surface area contributed by atoms with Crippen LogP contribution in [0.25, 0.3) is 0 Å². The van der Waals surface area contributed by atoms with E-state index in [0.29, 0.717) is 5.69 Å². The van der Waals surface area contributed by atoms with Gasteiger partial charge in [-0.2, -0.15) is 0 Å². The van der Waals surface area contributed by atoms with Crippen LogP contribution >= 0.6 is 0 Å². The van der Waals surface area contributed by atoms with Crippen LogP contribution in [-0.2, 0) is 6.42 Å². The van der Waals surface area contributed by atoms with Gasteiger partial charge >= 0.3 is 0 Å². The quantitative estimate of drug-likeness (QED) is 0.874. The summed E-state index contributed by atoms with van der Waals surface area (Å²) in [4.78, 5) is 23.0. The van der Waals surface area contributed by atoms with Crippen LogP contribution in [0.4, 0.5) is 0 Å². The van der Waals surface area contributed by atoms with E-state index in [9.17, 15) is 4.79 Å². The number of carbonyl (C=O) groups is 1. The molecule has 22 heavy (non-hydrogen) atoms. The second-order valence-electron chi connectivity index (χ2n) is 6.03. The normalized spacial score (nSPS) is 17.7. The van der Waals surface area contributed by atoms with Crippen LogP contribution in [-0.4, -0.2) is 33.4 Å². The molecule has 0 unspecified atom stereocenters. The molecule has 0 spiro atoms. The Kier molecular flexibility index (Phi) is 4.18. The minimum Gasteiger partial charge on any atom is -0.334 e. The Hall–Kier alpha value is -2.23. The van der Waals surface area contributed by atoms with E-state index in [1.165, 1.54) is 11.1 Å². The van der Waals surface area contributed by atoms with E-state index in [2.05, 4.69) is 41.2 Å². The first kappa shape index (κ1) is 14.7. The van der Waals surface area contributed by atoms with Gasteiger partial charge in [-0.25, -0.2) is 4.98 Å². The fraction of sp³-hybridized carbons (Fsp3) is 0.389. The lowest BCUT2D eigenvalue weighted by molar-refractivity contribution is 0.0730. The predicted molar refractivity (Wildman–Crippen MR) is 85.7 cm³/mol. The van der Waals surface area contributed by atoms with Gasteiger partial charge in [0.05, 0.1) is 11.9 Å². The first-order valence-corrected chi connectivity index (χ1v) is 7.78. The van der Waals surface area contributed by atoms with Crippen LogP contribution < -0.4 is 0 Å². The van der Waals surface area contributed by atoms with Crippen LogP contribution in [0.3, 0.4) is 0 Å². The maximum atomic E-state index is 12.6. The third-order valence-electron chi connectivity index (χ3n) is 4.23. The SMILES string of the molecule is Cc1ccc(C[C@H]2CCCN2C(=O)c2cnc(C)cn2)cc1. The summed E-state index contributed by atoms with van der Waals surface area (Å²) in [5, 5.41) is 0. The molecule has 0 aliphatic carbocycles. The van der Waals surface area contributed by atoms with Gasteiger partial charge in [-0.05, 0) is 38.7 Å². The molecule has 2 aromatic rings. The summed E-state index contributed by atoms with van der Waals surface area (Å²) in [6.07, 6.45) is 6.25. The van der Waals surface area contributed by atoms with Crippen molar-refractivity contribution in [2.75, 3.05) is 6.54 Å². The van der Waals surface area contributed by atoms with E-state index in [1.54, 1.807) is 12.4 Å². The lowest BCUT2D eigenvalue weighted by Gasteiger charge is -2.24. The molecule has 114 valence electrons. The zero-order valence-electron chi connectivity index (χ0n) is 13.1. The molecule has 0 N–H and O–H groups in total. The number of hydrogen-bond donors (Lipinski definition) is 0. The number of likely N-dealkylation sites (tertiary alicyclic amines) is 1. The van der Waals surface area contributed by atoms with Crippen molar-refractivity contribution in [1.82, 2.24) is 14.9 Å². The second-order valence-corrected chi connectivity index (χ2v) is 6.03.